The molecule has 10 heteroatoms. The minimum atomic E-state index is -0.656. The van der Waals surface area contributed by atoms with Gasteiger partial charge in [-0.2, -0.15) is 4.68 Å². The number of carbonyl (C=O) groups is 1. The number of benzene rings is 1. The van der Waals surface area contributed by atoms with Gasteiger partial charge in [-0.15, -0.1) is 4.68 Å². The van der Waals surface area contributed by atoms with Gasteiger partial charge in [-0.25, -0.2) is 9.59 Å². The highest BCUT2D eigenvalue weighted by molar-refractivity contribution is 6.30. The standard InChI is InChI=1S/C16H15ClN6O3/c1-10-8-14(26-18-10)13-6-3-7-21(13)15(24)23-16(25)22(19-20-23)12-5-2-4-11(17)9-12/h2,4-5,8-9,13H,3,6-7H2,1H3. The van der Waals surface area contributed by atoms with E-state index in [4.69, 9.17) is 16.1 Å². The zero-order valence-electron chi connectivity index (χ0n) is 13.9. The van der Waals surface area contributed by atoms with E-state index in [2.05, 4.69) is 15.6 Å². The van der Waals surface area contributed by atoms with Gasteiger partial charge >= 0.3 is 11.7 Å². The first-order valence-corrected chi connectivity index (χ1v) is 8.47. The predicted octanol–water partition coefficient (Wildman–Crippen LogP) is 2.18. The smallest absolute Gasteiger partial charge is 0.359 e. The fraction of sp³-hybridized carbons (Fsp3) is 0.312. The molecule has 2 aromatic heterocycles. The molecule has 0 aliphatic carbocycles. The quantitative estimate of drug-likeness (QED) is 0.637. The normalized spacial score (nSPS) is 17.0. The van der Waals surface area contributed by atoms with E-state index in [1.165, 1.54) is 0 Å². The lowest BCUT2D eigenvalue weighted by atomic mass is 10.1. The molecule has 4 rings (SSSR count). The highest BCUT2D eigenvalue weighted by Crippen LogP contribution is 2.32. The molecule has 0 radical (unpaired) electrons. The molecule has 1 aliphatic heterocycles. The maximum atomic E-state index is 12.9. The zero-order chi connectivity index (χ0) is 18.3. The monoisotopic (exact) mass is 374 g/mol. The third-order valence-corrected chi connectivity index (χ3v) is 4.52. The van der Waals surface area contributed by atoms with Crippen molar-refractivity contribution in [3.8, 4) is 5.69 Å². The lowest BCUT2D eigenvalue weighted by Crippen LogP contribution is -2.40. The van der Waals surface area contributed by atoms with Gasteiger partial charge in [-0.3, -0.25) is 0 Å². The van der Waals surface area contributed by atoms with Gasteiger partial charge < -0.3 is 9.42 Å². The van der Waals surface area contributed by atoms with Crippen molar-refractivity contribution in [2.75, 3.05) is 6.54 Å². The molecule has 1 saturated heterocycles. The summed E-state index contributed by atoms with van der Waals surface area (Å²) in [5.74, 6) is 0.601. The number of aromatic nitrogens is 5. The summed E-state index contributed by atoms with van der Waals surface area (Å²) in [6.07, 6.45) is 1.53. The lowest BCUT2D eigenvalue weighted by molar-refractivity contribution is 0.179. The Morgan fingerprint density at radius 2 is 2.15 bits per heavy atom. The van der Waals surface area contributed by atoms with Crippen LogP contribution in [0.15, 0.2) is 39.6 Å². The SMILES string of the molecule is Cc1cc(C2CCCN2C(=O)n2nnn(-c3cccc(Cl)c3)c2=O)on1. The number of carbonyl (C=O) groups excluding carboxylic acids is 1. The second-order valence-electron chi connectivity index (χ2n) is 6.07. The summed E-state index contributed by atoms with van der Waals surface area (Å²) in [7, 11) is 0. The Bertz CT molecular complexity index is 1020. The first-order chi connectivity index (χ1) is 12.5. The molecular weight excluding hydrogens is 360 g/mol. The Morgan fingerprint density at radius 1 is 1.31 bits per heavy atom. The minimum absolute atomic E-state index is 0.271. The minimum Gasteiger partial charge on any atom is -0.359 e. The first-order valence-electron chi connectivity index (χ1n) is 8.10. The first kappa shape index (κ1) is 16.5. The Kier molecular flexibility index (Phi) is 4.08. The van der Waals surface area contributed by atoms with E-state index in [0.29, 0.717) is 23.0 Å². The number of amides is 1. The molecule has 1 unspecified atom stereocenters. The molecule has 26 heavy (non-hydrogen) atoms. The molecule has 1 amide bonds. The van der Waals surface area contributed by atoms with Crippen LogP contribution < -0.4 is 5.69 Å². The number of hydrogen-bond donors (Lipinski definition) is 0. The maximum Gasteiger partial charge on any atom is 0.377 e. The average molecular weight is 375 g/mol. The third kappa shape index (κ3) is 2.80. The van der Waals surface area contributed by atoms with Crippen LogP contribution in [0, 0.1) is 6.92 Å². The predicted molar refractivity (Wildman–Crippen MR) is 91.3 cm³/mol. The largest absolute Gasteiger partial charge is 0.377 e. The number of hydrogen-bond acceptors (Lipinski definition) is 6. The van der Waals surface area contributed by atoms with Gasteiger partial charge in [-0.1, -0.05) is 22.8 Å². The molecule has 1 aromatic carbocycles. The van der Waals surface area contributed by atoms with Crippen molar-refractivity contribution in [2.24, 2.45) is 0 Å². The number of halogens is 1. The summed E-state index contributed by atoms with van der Waals surface area (Å²) >= 11 is 5.95. The van der Waals surface area contributed by atoms with Gasteiger partial charge in [0.2, 0.25) is 0 Å². The number of likely N-dealkylation sites (tertiary alicyclic amines) is 1. The second kappa shape index (κ2) is 6.41. The van der Waals surface area contributed by atoms with E-state index >= 15 is 0 Å². The van der Waals surface area contributed by atoms with Crippen LogP contribution in [-0.4, -0.2) is 42.4 Å². The molecule has 1 fully saturated rings. The second-order valence-corrected chi connectivity index (χ2v) is 6.51. The Labute approximate surface area is 152 Å². The van der Waals surface area contributed by atoms with Gasteiger partial charge in [-0.05, 0) is 48.4 Å². The summed E-state index contributed by atoms with van der Waals surface area (Å²) in [5, 5.41) is 11.9. The van der Waals surface area contributed by atoms with Crippen molar-refractivity contribution >= 4 is 17.6 Å². The van der Waals surface area contributed by atoms with Crippen LogP contribution >= 0.6 is 11.6 Å². The molecule has 1 atom stereocenters. The molecule has 3 aromatic rings. The van der Waals surface area contributed by atoms with Gasteiger partial charge in [0.25, 0.3) is 0 Å². The molecule has 9 nitrogen and oxygen atoms in total. The summed E-state index contributed by atoms with van der Waals surface area (Å²) in [5.41, 5.74) is 0.519. The summed E-state index contributed by atoms with van der Waals surface area (Å²) in [4.78, 5) is 27.0. The van der Waals surface area contributed by atoms with Crippen molar-refractivity contribution in [3.05, 3.63) is 57.3 Å². The van der Waals surface area contributed by atoms with E-state index in [0.717, 1.165) is 27.9 Å². The number of tetrazole rings is 1. The van der Waals surface area contributed by atoms with E-state index in [1.54, 1.807) is 35.2 Å². The number of rotatable bonds is 2. The summed E-state index contributed by atoms with van der Waals surface area (Å²) < 4.78 is 7.08. The van der Waals surface area contributed by atoms with Crippen molar-refractivity contribution in [1.29, 1.82) is 0 Å². The van der Waals surface area contributed by atoms with Gasteiger partial charge in [0, 0.05) is 17.6 Å². The van der Waals surface area contributed by atoms with E-state index in [-0.39, 0.29) is 6.04 Å². The fourth-order valence-electron chi connectivity index (χ4n) is 3.09. The van der Waals surface area contributed by atoms with Crippen molar-refractivity contribution in [2.45, 2.75) is 25.8 Å². The number of aryl methyl sites for hydroxylation is 1. The lowest BCUT2D eigenvalue weighted by Gasteiger charge is -2.21. The van der Waals surface area contributed by atoms with E-state index in [1.807, 2.05) is 6.92 Å². The zero-order valence-corrected chi connectivity index (χ0v) is 14.6. The Balaban J connectivity index is 1.65. The molecule has 0 N–H and O–H groups in total. The van der Waals surface area contributed by atoms with Crippen LogP contribution in [0.5, 0.6) is 0 Å². The molecule has 0 saturated carbocycles. The van der Waals surface area contributed by atoms with Crippen molar-refractivity contribution in [3.63, 3.8) is 0 Å². The van der Waals surface area contributed by atoms with E-state index < -0.39 is 11.7 Å². The van der Waals surface area contributed by atoms with Crippen LogP contribution in [0.25, 0.3) is 5.69 Å². The maximum absolute atomic E-state index is 12.9. The molecule has 134 valence electrons. The molecular formula is C16H15ClN6O3. The Hall–Kier alpha value is -2.94. The molecule has 0 spiro atoms. The van der Waals surface area contributed by atoms with E-state index in [9.17, 15) is 9.59 Å². The summed E-state index contributed by atoms with van der Waals surface area (Å²) in [6.45, 7) is 2.31. The fourth-order valence-corrected chi connectivity index (χ4v) is 3.27. The van der Waals surface area contributed by atoms with Crippen LogP contribution in [0.1, 0.15) is 30.3 Å². The van der Waals surface area contributed by atoms with Crippen LogP contribution in [0.3, 0.4) is 0 Å². The summed E-state index contributed by atoms with van der Waals surface area (Å²) in [6, 6.07) is 7.58. The molecule has 1 aliphatic rings. The van der Waals surface area contributed by atoms with Crippen molar-refractivity contribution in [1.82, 2.24) is 29.8 Å². The topological polar surface area (TPSA) is 99.1 Å². The van der Waals surface area contributed by atoms with Gasteiger partial charge in [0.15, 0.2) is 5.76 Å². The highest BCUT2D eigenvalue weighted by Gasteiger charge is 2.35. The Morgan fingerprint density at radius 3 is 2.88 bits per heavy atom. The average Bonchev–Trinajstić information content (AvgIpc) is 3.33. The highest BCUT2D eigenvalue weighted by atomic mass is 35.5. The molecule has 0 bridgehead atoms. The molecule has 3 heterocycles. The number of nitrogens with zero attached hydrogens (tertiary/aromatic N) is 6. The van der Waals surface area contributed by atoms with Crippen molar-refractivity contribution < 1.29 is 9.32 Å². The third-order valence-electron chi connectivity index (χ3n) is 4.29. The van der Waals surface area contributed by atoms with Gasteiger partial charge in [0.05, 0.1) is 17.4 Å². The van der Waals surface area contributed by atoms with Crippen LogP contribution in [0.2, 0.25) is 5.02 Å². The van der Waals surface area contributed by atoms with Crippen LogP contribution in [-0.2, 0) is 0 Å². The van der Waals surface area contributed by atoms with Gasteiger partial charge in [0.1, 0.15) is 0 Å². The van der Waals surface area contributed by atoms with Crippen LogP contribution in [0.4, 0.5) is 4.79 Å².